The normalized spacial score (nSPS) is 34.2. The molecular weight excluding hydrogens is 208 g/mol. The Labute approximate surface area is 96.9 Å². The van der Waals surface area contributed by atoms with Crippen molar-refractivity contribution in [2.24, 2.45) is 0 Å². The molecule has 0 bridgehead atoms. The Hall–Kier alpha value is 0.230. The standard InChI is InChI=1S/C11H22N2OS/c1-2-11-8-14-5-4-13(11)7-10-9-15-6-3-12-10/h10-12H,2-9H2,1H3. The molecule has 2 aliphatic heterocycles. The van der Waals surface area contributed by atoms with Gasteiger partial charge in [-0.25, -0.2) is 0 Å². The lowest BCUT2D eigenvalue weighted by Gasteiger charge is -2.38. The summed E-state index contributed by atoms with van der Waals surface area (Å²) in [7, 11) is 0. The van der Waals surface area contributed by atoms with Crippen molar-refractivity contribution < 1.29 is 4.74 Å². The molecule has 2 fully saturated rings. The van der Waals surface area contributed by atoms with Crippen molar-refractivity contribution in [1.29, 1.82) is 0 Å². The average Bonchev–Trinajstić information content (AvgIpc) is 2.31. The quantitative estimate of drug-likeness (QED) is 0.775. The van der Waals surface area contributed by atoms with Gasteiger partial charge < -0.3 is 10.1 Å². The fourth-order valence-corrected chi connectivity index (χ4v) is 3.26. The van der Waals surface area contributed by atoms with E-state index in [1.54, 1.807) is 0 Å². The Bertz CT molecular complexity index is 185. The molecule has 88 valence electrons. The summed E-state index contributed by atoms with van der Waals surface area (Å²) >= 11 is 2.08. The monoisotopic (exact) mass is 230 g/mol. The molecule has 2 rings (SSSR count). The zero-order valence-electron chi connectivity index (χ0n) is 9.58. The van der Waals surface area contributed by atoms with E-state index >= 15 is 0 Å². The summed E-state index contributed by atoms with van der Waals surface area (Å²) in [4.78, 5) is 2.60. The van der Waals surface area contributed by atoms with Crippen LogP contribution in [0.15, 0.2) is 0 Å². The van der Waals surface area contributed by atoms with Gasteiger partial charge in [-0.1, -0.05) is 6.92 Å². The third-order valence-electron chi connectivity index (χ3n) is 3.27. The van der Waals surface area contributed by atoms with Gasteiger partial charge in [-0.2, -0.15) is 11.8 Å². The molecule has 0 spiro atoms. The minimum absolute atomic E-state index is 0.646. The second-order valence-electron chi connectivity index (χ2n) is 4.36. The lowest BCUT2D eigenvalue weighted by molar-refractivity contribution is -0.0115. The first-order chi connectivity index (χ1) is 7.40. The lowest BCUT2D eigenvalue weighted by Crippen LogP contribution is -2.52. The molecule has 1 N–H and O–H groups in total. The van der Waals surface area contributed by atoms with Crippen LogP contribution in [0, 0.1) is 0 Å². The largest absolute Gasteiger partial charge is 0.378 e. The molecule has 0 aromatic carbocycles. The van der Waals surface area contributed by atoms with Crippen LogP contribution in [0.2, 0.25) is 0 Å². The van der Waals surface area contributed by atoms with E-state index in [0.717, 1.165) is 19.8 Å². The van der Waals surface area contributed by atoms with Crippen LogP contribution in [-0.4, -0.2) is 61.3 Å². The van der Waals surface area contributed by atoms with Gasteiger partial charge in [-0.15, -0.1) is 0 Å². The maximum absolute atomic E-state index is 5.53. The Balaban J connectivity index is 1.79. The maximum atomic E-state index is 5.53. The summed E-state index contributed by atoms with van der Waals surface area (Å²) in [6.45, 7) is 7.59. The molecule has 0 amide bonds. The van der Waals surface area contributed by atoms with Crippen LogP contribution in [-0.2, 0) is 4.74 Å². The summed E-state index contributed by atoms with van der Waals surface area (Å²) in [6.07, 6.45) is 1.21. The summed E-state index contributed by atoms with van der Waals surface area (Å²) in [5, 5.41) is 3.61. The highest BCUT2D eigenvalue weighted by Crippen LogP contribution is 2.14. The maximum Gasteiger partial charge on any atom is 0.0622 e. The van der Waals surface area contributed by atoms with Gasteiger partial charge in [0.2, 0.25) is 0 Å². The Morgan fingerprint density at radius 3 is 3.20 bits per heavy atom. The van der Waals surface area contributed by atoms with Gasteiger partial charge in [0.05, 0.1) is 13.2 Å². The molecule has 4 heteroatoms. The van der Waals surface area contributed by atoms with Crippen LogP contribution in [0.4, 0.5) is 0 Å². The zero-order chi connectivity index (χ0) is 10.5. The second kappa shape index (κ2) is 6.09. The molecule has 15 heavy (non-hydrogen) atoms. The predicted molar refractivity (Wildman–Crippen MR) is 65.6 cm³/mol. The Kier molecular flexibility index (Phi) is 4.75. The van der Waals surface area contributed by atoms with Crippen molar-refractivity contribution in [3.63, 3.8) is 0 Å². The highest BCUT2D eigenvalue weighted by atomic mass is 32.2. The first-order valence-electron chi connectivity index (χ1n) is 6.03. The van der Waals surface area contributed by atoms with Crippen molar-refractivity contribution >= 4 is 11.8 Å². The van der Waals surface area contributed by atoms with Crippen molar-refractivity contribution in [3.8, 4) is 0 Å². The summed E-state index contributed by atoms with van der Waals surface area (Å²) < 4.78 is 5.53. The van der Waals surface area contributed by atoms with E-state index in [1.807, 2.05) is 0 Å². The minimum atomic E-state index is 0.646. The molecule has 0 aromatic rings. The van der Waals surface area contributed by atoms with Gasteiger partial charge in [-0.3, -0.25) is 4.90 Å². The molecule has 2 atom stereocenters. The zero-order valence-corrected chi connectivity index (χ0v) is 10.4. The number of ether oxygens (including phenoxy) is 1. The topological polar surface area (TPSA) is 24.5 Å². The number of rotatable bonds is 3. The van der Waals surface area contributed by atoms with Gasteiger partial charge in [0.15, 0.2) is 0 Å². The number of nitrogens with one attached hydrogen (secondary N) is 1. The number of nitrogens with zero attached hydrogens (tertiary/aromatic N) is 1. The van der Waals surface area contributed by atoms with Gasteiger partial charge in [0.25, 0.3) is 0 Å². The number of hydrogen-bond acceptors (Lipinski definition) is 4. The molecule has 2 unspecified atom stereocenters. The summed E-state index contributed by atoms with van der Waals surface area (Å²) in [5.41, 5.74) is 0. The van der Waals surface area contributed by atoms with Gasteiger partial charge in [0, 0.05) is 43.2 Å². The second-order valence-corrected chi connectivity index (χ2v) is 5.51. The third-order valence-corrected chi connectivity index (χ3v) is 4.40. The van der Waals surface area contributed by atoms with E-state index in [-0.39, 0.29) is 0 Å². The van der Waals surface area contributed by atoms with E-state index in [4.69, 9.17) is 4.74 Å². The number of morpholine rings is 1. The van der Waals surface area contributed by atoms with Crippen molar-refractivity contribution in [3.05, 3.63) is 0 Å². The highest BCUT2D eigenvalue weighted by molar-refractivity contribution is 7.99. The van der Waals surface area contributed by atoms with Crippen LogP contribution >= 0.6 is 11.8 Å². The van der Waals surface area contributed by atoms with Crippen LogP contribution in [0.5, 0.6) is 0 Å². The fraction of sp³-hybridized carbons (Fsp3) is 1.00. The first-order valence-corrected chi connectivity index (χ1v) is 7.18. The molecule has 0 saturated carbocycles. The van der Waals surface area contributed by atoms with E-state index in [2.05, 4.69) is 28.9 Å². The predicted octanol–water partition coefficient (Wildman–Crippen LogP) is 0.802. The Morgan fingerprint density at radius 1 is 1.53 bits per heavy atom. The van der Waals surface area contributed by atoms with Crippen molar-refractivity contribution in [2.45, 2.75) is 25.4 Å². The molecule has 0 aliphatic carbocycles. The summed E-state index contributed by atoms with van der Waals surface area (Å²) in [5.74, 6) is 2.55. The van der Waals surface area contributed by atoms with E-state index < -0.39 is 0 Å². The van der Waals surface area contributed by atoms with Gasteiger partial charge in [-0.05, 0) is 6.42 Å². The smallest absolute Gasteiger partial charge is 0.0622 e. The van der Waals surface area contributed by atoms with Crippen molar-refractivity contribution in [2.75, 3.05) is 44.4 Å². The molecule has 2 aliphatic rings. The number of hydrogen-bond donors (Lipinski definition) is 1. The highest BCUT2D eigenvalue weighted by Gasteiger charge is 2.24. The van der Waals surface area contributed by atoms with E-state index in [1.165, 1.54) is 31.0 Å². The molecule has 0 radical (unpaired) electrons. The fourth-order valence-electron chi connectivity index (χ4n) is 2.33. The van der Waals surface area contributed by atoms with Crippen LogP contribution in [0.3, 0.4) is 0 Å². The van der Waals surface area contributed by atoms with Crippen LogP contribution in [0.25, 0.3) is 0 Å². The van der Waals surface area contributed by atoms with Crippen molar-refractivity contribution in [1.82, 2.24) is 10.2 Å². The molecule has 3 nitrogen and oxygen atoms in total. The Morgan fingerprint density at radius 2 is 2.47 bits per heavy atom. The van der Waals surface area contributed by atoms with Crippen LogP contribution < -0.4 is 5.32 Å². The molecule has 0 aromatic heterocycles. The number of thioether (sulfide) groups is 1. The summed E-state index contributed by atoms with van der Waals surface area (Å²) in [6, 6.07) is 1.34. The molecule has 2 saturated heterocycles. The van der Waals surface area contributed by atoms with Crippen LogP contribution in [0.1, 0.15) is 13.3 Å². The lowest BCUT2D eigenvalue weighted by atomic mass is 10.1. The van der Waals surface area contributed by atoms with Gasteiger partial charge >= 0.3 is 0 Å². The third kappa shape index (κ3) is 3.34. The van der Waals surface area contributed by atoms with Gasteiger partial charge in [0.1, 0.15) is 0 Å². The van der Waals surface area contributed by atoms with E-state index in [0.29, 0.717) is 12.1 Å². The SMILES string of the molecule is CCC1COCCN1CC1CSCCN1. The first kappa shape index (κ1) is 11.7. The minimum Gasteiger partial charge on any atom is -0.378 e. The molecule has 2 heterocycles. The average molecular weight is 230 g/mol. The van der Waals surface area contributed by atoms with E-state index in [9.17, 15) is 0 Å². The molecular formula is C11H22N2OS.